The zero-order valence-electron chi connectivity index (χ0n) is 15.1. The van der Waals surface area contributed by atoms with Crippen LogP contribution in [0.2, 0.25) is 5.02 Å². The molecule has 27 heavy (non-hydrogen) atoms. The van der Waals surface area contributed by atoms with Gasteiger partial charge in [-0.15, -0.1) is 0 Å². The molecule has 3 heterocycles. The summed E-state index contributed by atoms with van der Waals surface area (Å²) in [6, 6.07) is 11.6. The Labute approximate surface area is 162 Å². The standard InChI is InChI=1S/C20H21ClN4O2/c1-27-18-5-3-2-4-17(18)23-8-10-24(11-9-23)20(26)12-16-14-25-13-15(21)6-7-19(25)22-16/h2-7,13-14H,8-12H2,1H3. The van der Waals surface area contributed by atoms with E-state index in [0.717, 1.165) is 35.9 Å². The highest BCUT2D eigenvalue weighted by molar-refractivity contribution is 6.30. The van der Waals surface area contributed by atoms with Crippen molar-refractivity contribution in [3.05, 3.63) is 59.5 Å². The van der Waals surface area contributed by atoms with Crippen molar-refractivity contribution >= 4 is 28.8 Å². The molecular weight excluding hydrogens is 364 g/mol. The quantitative estimate of drug-likeness (QED) is 0.694. The number of ether oxygens (including phenoxy) is 1. The Bertz CT molecular complexity index is 964. The van der Waals surface area contributed by atoms with E-state index in [0.29, 0.717) is 24.5 Å². The number of piperazine rings is 1. The fraction of sp³-hybridized carbons (Fsp3) is 0.300. The van der Waals surface area contributed by atoms with Gasteiger partial charge in [-0.2, -0.15) is 0 Å². The Kier molecular flexibility index (Phi) is 4.90. The van der Waals surface area contributed by atoms with Crippen LogP contribution >= 0.6 is 11.6 Å². The van der Waals surface area contributed by atoms with Crippen LogP contribution < -0.4 is 9.64 Å². The van der Waals surface area contributed by atoms with Crippen molar-refractivity contribution in [3.63, 3.8) is 0 Å². The molecule has 1 amide bonds. The molecule has 6 nitrogen and oxygen atoms in total. The van der Waals surface area contributed by atoms with Crippen LogP contribution in [0.25, 0.3) is 5.65 Å². The minimum Gasteiger partial charge on any atom is -0.495 e. The third kappa shape index (κ3) is 3.71. The van der Waals surface area contributed by atoms with Gasteiger partial charge in [-0.05, 0) is 24.3 Å². The number of hydrogen-bond acceptors (Lipinski definition) is 4. The first-order chi connectivity index (χ1) is 13.1. The van der Waals surface area contributed by atoms with Crippen LogP contribution in [0, 0.1) is 0 Å². The average molecular weight is 385 g/mol. The number of aromatic nitrogens is 2. The number of anilines is 1. The molecule has 1 aliphatic heterocycles. The van der Waals surface area contributed by atoms with Crippen molar-refractivity contribution in [2.75, 3.05) is 38.2 Å². The summed E-state index contributed by atoms with van der Waals surface area (Å²) >= 11 is 6.00. The number of imidazole rings is 1. The molecule has 4 rings (SSSR count). The zero-order valence-corrected chi connectivity index (χ0v) is 15.9. The summed E-state index contributed by atoms with van der Waals surface area (Å²) in [4.78, 5) is 21.4. The van der Waals surface area contributed by atoms with E-state index in [1.165, 1.54) is 0 Å². The molecule has 0 aliphatic carbocycles. The smallest absolute Gasteiger partial charge is 0.228 e. The number of para-hydroxylation sites is 2. The molecule has 0 spiro atoms. The Morgan fingerprint density at radius 3 is 2.67 bits per heavy atom. The Morgan fingerprint density at radius 2 is 1.89 bits per heavy atom. The number of carbonyl (C=O) groups excluding carboxylic acids is 1. The van der Waals surface area contributed by atoms with Crippen LogP contribution in [0.5, 0.6) is 5.75 Å². The second-order valence-electron chi connectivity index (χ2n) is 6.56. The van der Waals surface area contributed by atoms with Gasteiger partial charge in [0.15, 0.2) is 0 Å². The number of halogens is 1. The maximum atomic E-state index is 12.7. The van der Waals surface area contributed by atoms with Crippen molar-refractivity contribution in [2.24, 2.45) is 0 Å². The molecule has 3 aromatic rings. The van der Waals surface area contributed by atoms with E-state index in [9.17, 15) is 4.79 Å². The molecule has 7 heteroatoms. The third-order valence-electron chi connectivity index (χ3n) is 4.86. The van der Waals surface area contributed by atoms with Gasteiger partial charge >= 0.3 is 0 Å². The van der Waals surface area contributed by atoms with E-state index in [1.54, 1.807) is 19.4 Å². The lowest BCUT2D eigenvalue weighted by molar-refractivity contribution is -0.130. The maximum absolute atomic E-state index is 12.7. The first-order valence-electron chi connectivity index (χ1n) is 8.93. The van der Waals surface area contributed by atoms with Crippen molar-refractivity contribution in [1.82, 2.24) is 14.3 Å². The van der Waals surface area contributed by atoms with E-state index < -0.39 is 0 Å². The van der Waals surface area contributed by atoms with Gasteiger partial charge in [0.05, 0.1) is 29.9 Å². The molecule has 0 N–H and O–H groups in total. The van der Waals surface area contributed by atoms with Gasteiger partial charge in [0.2, 0.25) is 5.91 Å². The van der Waals surface area contributed by atoms with Gasteiger partial charge in [0, 0.05) is 38.6 Å². The highest BCUT2D eigenvalue weighted by Gasteiger charge is 2.23. The number of pyridine rings is 1. The molecule has 140 valence electrons. The highest BCUT2D eigenvalue weighted by Crippen LogP contribution is 2.28. The van der Waals surface area contributed by atoms with Crippen molar-refractivity contribution in [3.8, 4) is 5.75 Å². The lowest BCUT2D eigenvalue weighted by atomic mass is 10.2. The second-order valence-corrected chi connectivity index (χ2v) is 7.00. The molecule has 1 aliphatic rings. The van der Waals surface area contributed by atoms with E-state index >= 15 is 0 Å². The summed E-state index contributed by atoms with van der Waals surface area (Å²) in [5.74, 6) is 0.963. The van der Waals surface area contributed by atoms with Crippen LogP contribution in [0.3, 0.4) is 0 Å². The second kappa shape index (κ2) is 7.48. The summed E-state index contributed by atoms with van der Waals surface area (Å²) < 4.78 is 7.30. The molecule has 0 bridgehead atoms. The van der Waals surface area contributed by atoms with Gasteiger partial charge in [0.1, 0.15) is 11.4 Å². The first-order valence-corrected chi connectivity index (χ1v) is 9.31. The number of methoxy groups -OCH3 is 1. The van der Waals surface area contributed by atoms with Crippen LogP contribution in [-0.2, 0) is 11.2 Å². The monoisotopic (exact) mass is 384 g/mol. The van der Waals surface area contributed by atoms with Crippen LogP contribution in [0.4, 0.5) is 5.69 Å². The van der Waals surface area contributed by atoms with Gasteiger partial charge in [0.25, 0.3) is 0 Å². The fourth-order valence-corrected chi connectivity index (χ4v) is 3.63. The Morgan fingerprint density at radius 1 is 1.11 bits per heavy atom. The predicted octanol–water partition coefficient (Wildman–Crippen LogP) is 2.89. The minimum absolute atomic E-state index is 0.101. The largest absolute Gasteiger partial charge is 0.495 e. The molecule has 0 unspecified atom stereocenters. The molecule has 0 saturated carbocycles. The molecule has 1 saturated heterocycles. The van der Waals surface area contributed by atoms with Gasteiger partial charge in [-0.25, -0.2) is 4.98 Å². The number of benzene rings is 1. The van der Waals surface area contributed by atoms with Crippen molar-refractivity contribution in [2.45, 2.75) is 6.42 Å². The average Bonchev–Trinajstić information content (AvgIpc) is 3.09. The first kappa shape index (κ1) is 17.7. The number of nitrogens with zero attached hydrogens (tertiary/aromatic N) is 4. The normalized spacial score (nSPS) is 14.6. The fourth-order valence-electron chi connectivity index (χ4n) is 3.46. The van der Waals surface area contributed by atoms with Crippen LogP contribution in [-0.4, -0.2) is 53.5 Å². The lowest BCUT2D eigenvalue weighted by Gasteiger charge is -2.36. The van der Waals surface area contributed by atoms with Gasteiger partial charge in [-0.1, -0.05) is 23.7 Å². The molecular formula is C20H21ClN4O2. The summed E-state index contributed by atoms with van der Waals surface area (Å²) in [7, 11) is 1.68. The number of rotatable bonds is 4. The molecule has 2 aromatic heterocycles. The topological polar surface area (TPSA) is 50.1 Å². The minimum atomic E-state index is 0.101. The SMILES string of the molecule is COc1ccccc1N1CCN(C(=O)Cc2cn3cc(Cl)ccc3n2)CC1. The number of amides is 1. The van der Waals surface area contributed by atoms with Crippen molar-refractivity contribution < 1.29 is 9.53 Å². The van der Waals surface area contributed by atoms with Crippen LogP contribution in [0.15, 0.2) is 48.8 Å². The Hall–Kier alpha value is -2.73. The summed E-state index contributed by atoms with van der Waals surface area (Å²) in [6.07, 6.45) is 3.96. The highest BCUT2D eigenvalue weighted by atomic mass is 35.5. The molecule has 1 fully saturated rings. The van der Waals surface area contributed by atoms with E-state index in [2.05, 4.69) is 16.0 Å². The summed E-state index contributed by atoms with van der Waals surface area (Å²) in [6.45, 7) is 2.95. The van der Waals surface area contributed by atoms with E-state index in [1.807, 2.05) is 39.8 Å². The molecule has 1 aromatic carbocycles. The lowest BCUT2D eigenvalue weighted by Crippen LogP contribution is -2.49. The van der Waals surface area contributed by atoms with Crippen LogP contribution in [0.1, 0.15) is 5.69 Å². The number of fused-ring (bicyclic) bond motifs is 1. The number of hydrogen-bond donors (Lipinski definition) is 0. The van der Waals surface area contributed by atoms with Gasteiger partial charge < -0.3 is 18.9 Å². The third-order valence-corrected chi connectivity index (χ3v) is 5.08. The zero-order chi connectivity index (χ0) is 18.8. The number of carbonyl (C=O) groups is 1. The van der Waals surface area contributed by atoms with E-state index in [-0.39, 0.29) is 5.91 Å². The Balaban J connectivity index is 1.39. The molecule has 0 atom stereocenters. The van der Waals surface area contributed by atoms with E-state index in [4.69, 9.17) is 16.3 Å². The predicted molar refractivity (Wildman–Crippen MR) is 106 cm³/mol. The molecule has 0 radical (unpaired) electrons. The van der Waals surface area contributed by atoms with Gasteiger partial charge in [-0.3, -0.25) is 4.79 Å². The summed E-state index contributed by atoms with van der Waals surface area (Å²) in [5.41, 5.74) is 2.63. The van der Waals surface area contributed by atoms with Crippen molar-refractivity contribution in [1.29, 1.82) is 0 Å². The maximum Gasteiger partial charge on any atom is 0.228 e. The summed E-state index contributed by atoms with van der Waals surface area (Å²) in [5, 5.41) is 0.644.